The minimum absolute atomic E-state index is 0.898. The number of nitrogens with zero attached hydrogens (tertiary/aromatic N) is 1. The molecular weight excluding hydrogens is 146 g/mol. The molecule has 12 heavy (non-hydrogen) atoms. The summed E-state index contributed by atoms with van der Waals surface area (Å²) < 4.78 is 0. The fraction of sp³-hybridized carbons (Fsp3) is 1.00. The molecule has 0 aromatic heterocycles. The normalized spacial score (nSPS) is 32.8. The van der Waals surface area contributed by atoms with Crippen molar-refractivity contribution in [2.75, 3.05) is 13.1 Å². The van der Waals surface area contributed by atoms with Crippen molar-refractivity contribution in [1.29, 1.82) is 0 Å². The molecule has 1 aliphatic carbocycles. The SMILES string of the molecule is CC(C)C1CCN(C2CCC2)C1. The average molecular weight is 167 g/mol. The van der Waals surface area contributed by atoms with Gasteiger partial charge in [0.2, 0.25) is 0 Å². The van der Waals surface area contributed by atoms with Gasteiger partial charge in [-0.15, -0.1) is 0 Å². The molecule has 1 saturated heterocycles. The molecule has 2 rings (SSSR count). The molecule has 70 valence electrons. The van der Waals surface area contributed by atoms with Gasteiger partial charge in [0, 0.05) is 12.6 Å². The highest BCUT2D eigenvalue weighted by Crippen LogP contribution is 2.32. The van der Waals surface area contributed by atoms with E-state index in [0.717, 1.165) is 17.9 Å². The van der Waals surface area contributed by atoms with E-state index < -0.39 is 0 Å². The van der Waals surface area contributed by atoms with Crippen LogP contribution in [0.2, 0.25) is 0 Å². The Morgan fingerprint density at radius 3 is 2.33 bits per heavy atom. The first-order valence-electron chi connectivity index (χ1n) is 5.51. The fourth-order valence-electron chi connectivity index (χ4n) is 2.44. The van der Waals surface area contributed by atoms with Crippen LogP contribution in [0.1, 0.15) is 39.5 Å². The predicted octanol–water partition coefficient (Wildman–Crippen LogP) is 2.52. The van der Waals surface area contributed by atoms with Crippen molar-refractivity contribution >= 4 is 0 Å². The zero-order chi connectivity index (χ0) is 8.55. The Morgan fingerprint density at radius 1 is 1.17 bits per heavy atom. The monoisotopic (exact) mass is 167 g/mol. The first-order valence-corrected chi connectivity index (χ1v) is 5.51. The summed E-state index contributed by atoms with van der Waals surface area (Å²) in [5.41, 5.74) is 0. The lowest BCUT2D eigenvalue weighted by atomic mass is 9.91. The number of likely N-dealkylation sites (tertiary alicyclic amines) is 1. The van der Waals surface area contributed by atoms with Gasteiger partial charge >= 0.3 is 0 Å². The molecule has 2 aliphatic rings. The maximum absolute atomic E-state index is 2.73. The summed E-state index contributed by atoms with van der Waals surface area (Å²) in [7, 11) is 0. The maximum atomic E-state index is 2.73. The topological polar surface area (TPSA) is 3.24 Å². The molecule has 0 aromatic carbocycles. The second-order valence-corrected chi connectivity index (χ2v) is 4.87. The lowest BCUT2D eigenvalue weighted by molar-refractivity contribution is 0.149. The Balaban J connectivity index is 1.81. The van der Waals surface area contributed by atoms with Gasteiger partial charge in [-0.05, 0) is 37.6 Å². The molecular formula is C11H21N. The van der Waals surface area contributed by atoms with Crippen LogP contribution in [0.5, 0.6) is 0 Å². The van der Waals surface area contributed by atoms with Crippen LogP contribution in [0.4, 0.5) is 0 Å². The van der Waals surface area contributed by atoms with Crippen molar-refractivity contribution in [3.8, 4) is 0 Å². The summed E-state index contributed by atoms with van der Waals surface area (Å²) >= 11 is 0. The van der Waals surface area contributed by atoms with E-state index in [9.17, 15) is 0 Å². The quantitative estimate of drug-likeness (QED) is 0.611. The van der Waals surface area contributed by atoms with E-state index in [-0.39, 0.29) is 0 Å². The van der Waals surface area contributed by atoms with Gasteiger partial charge in [0.15, 0.2) is 0 Å². The van der Waals surface area contributed by atoms with Gasteiger partial charge in [0.05, 0.1) is 0 Å². The Morgan fingerprint density at radius 2 is 1.92 bits per heavy atom. The number of rotatable bonds is 2. The average Bonchev–Trinajstić information content (AvgIpc) is 2.32. The maximum Gasteiger partial charge on any atom is 0.00953 e. The van der Waals surface area contributed by atoms with E-state index in [1.54, 1.807) is 0 Å². The van der Waals surface area contributed by atoms with E-state index in [1.165, 1.54) is 38.8 Å². The van der Waals surface area contributed by atoms with Crippen LogP contribution in [0.25, 0.3) is 0 Å². The molecule has 0 aromatic rings. The van der Waals surface area contributed by atoms with E-state index >= 15 is 0 Å². The van der Waals surface area contributed by atoms with Crippen molar-refractivity contribution < 1.29 is 0 Å². The summed E-state index contributed by atoms with van der Waals surface area (Å²) in [6.07, 6.45) is 5.89. The molecule has 0 N–H and O–H groups in total. The lowest BCUT2D eigenvalue weighted by Crippen LogP contribution is -2.38. The van der Waals surface area contributed by atoms with Crippen LogP contribution in [0.15, 0.2) is 0 Å². The Kier molecular flexibility index (Phi) is 2.40. The van der Waals surface area contributed by atoms with Gasteiger partial charge in [-0.2, -0.15) is 0 Å². The molecule has 1 aliphatic heterocycles. The second kappa shape index (κ2) is 3.37. The van der Waals surface area contributed by atoms with Gasteiger partial charge in [-0.1, -0.05) is 20.3 Å². The van der Waals surface area contributed by atoms with E-state index in [0.29, 0.717) is 0 Å². The van der Waals surface area contributed by atoms with Gasteiger partial charge in [-0.3, -0.25) is 0 Å². The third kappa shape index (κ3) is 1.52. The van der Waals surface area contributed by atoms with Crippen molar-refractivity contribution in [1.82, 2.24) is 4.90 Å². The Labute approximate surface area is 76.1 Å². The predicted molar refractivity (Wildman–Crippen MR) is 52.2 cm³/mol. The standard InChI is InChI=1S/C11H21N/c1-9(2)10-6-7-12(8-10)11-4-3-5-11/h9-11H,3-8H2,1-2H3. The minimum atomic E-state index is 0.898. The van der Waals surface area contributed by atoms with Crippen molar-refractivity contribution in [2.24, 2.45) is 11.8 Å². The van der Waals surface area contributed by atoms with Crippen molar-refractivity contribution in [2.45, 2.75) is 45.6 Å². The lowest BCUT2D eigenvalue weighted by Gasteiger charge is -2.34. The molecule has 0 radical (unpaired) electrons. The first kappa shape index (κ1) is 8.55. The highest BCUT2D eigenvalue weighted by molar-refractivity contribution is 4.86. The van der Waals surface area contributed by atoms with Gasteiger partial charge in [-0.25, -0.2) is 0 Å². The second-order valence-electron chi connectivity index (χ2n) is 4.87. The molecule has 1 heterocycles. The fourth-order valence-corrected chi connectivity index (χ4v) is 2.44. The highest BCUT2D eigenvalue weighted by atomic mass is 15.2. The van der Waals surface area contributed by atoms with E-state index in [4.69, 9.17) is 0 Å². The van der Waals surface area contributed by atoms with Crippen LogP contribution >= 0.6 is 0 Å². The highest BCUT2D eigenvalue weighted by Gasteiger charge is 2.32. The minimum Gasteiger partial charge on any atom is -0.300 e. The molecule has 2 fully saturated rings. The molecule has 1 heteroatoms. The smallest absolute Gasteiger partial charge is 0.00953 e. The summed E-state index contributed by atoms with van der Waals surface area (Å²) in [5.74, 6) is 1.89. The van der Waals surface area contributed by atoms with E-state index in [1.807, 2.05) is 0 Å². The molecule has 0 bridgehead atoms. The van der Waals surface area contributed by atoms with E-state index in [2.05, 4.69) is 18.7 Å². The molecule has 0 spiro atoms. The zero-order valence-corrected chi connectivity index (χ0v) is 8.42. The summed E-state index contributed by atoms with van der Waals surface area (Å²) in [6, 6.07) is 0.980. The summed E-state index contributed by atoms with van der Waals surface area (Å²) in [6.45, 7) is 7.51. The van der Waals surface area contributed by atoms with Gasteiger partial charge in [0.1, 0.15) is 0 Å². The van der Waals surface area contributed by atoms with Crippen LogP contribution in [0, 0.1) is 11.8 Å². The molecule has 0 amide bonds. The van der Waals surface area contributed by atoms with Crippen LogP contribution in [-0.4, -0.2) is 24.0 Å². The van der Waals surface area contributed by atoms with Crippen LogP contribution < -0.4 is 0 Å². The van der Waals surface area contributed by atoms with Crippen molar-refractivity contribution in [3.05, 3.63) is 0 Å². The Bertz CT molecular complexity index is 149. The number of hydrogen-bond donors (Lipinski definition) is 0. The van der Waals surface area contributed by atoms with Gasteiger partial charge < -0.3 is 4.90 Å². The molecule has 1 saturated carbocycles. The zero-order valence-electron chi connectivity index (χ0n) is 8.42. The third-order valence-corrected chi connectivity index (χ3v) is 3.79. The summed E-state index contributed by atoms with van der Waals surface area (Å²) in [4.78, 5) is 2.73. The number of hydrogen-bond acceptors (Lipinski definition) is 1. The largest absolute Gasteiger partial charge is 0.300 e. The van der Waals surface area contributed by atoms with Crippen LogP contribution in [-0.2, 0) is 0 Å². The third-order valence-electron chi connectivity index (χ3n) is 3.79. The van der Waals surface area contributed by atoms with Crippen LogP contribution in [0.3, 0.4) is 0 Å². The Hall–Kier alpha value is -0.0400. The van der Waals surface area contributed by atoms with Crippen molar-refractivity contribution in [3.63, 3.8) is 0 Å². The van der Waals surface area contributed by atoms with Gasteiger partial charge in [0.25, 0.3) is 0 Å². The summed E-state index contributed by atoms with van der Waals surface area (Å²) in [5, 5.41) is 0. The first-order chi connectivity index (χ1) is 5.77. The molecule has 1 unspecified atom stereocenters. The molecule has 1 nitrogen and oxygen atoms in total. The molecule has 1 atom stereocenters.